The number of nitrogens with zero attached hydrogens (tertiary/aromatic N) is 4. The van der Waals surface area contributed by atoms with Crippen LogP contribution in [0.4, 0.5) is 0 Å². The van der Waals surface area contributed by atoms with Crippen molar-refractivity contribution >= 4 is 10.2 Å². The molecule has 1 aromatic heterocycles. The van der Waals surface area contributed by atoms with Crippen molar-refractivity contribution in [3.63, 3.8) is 0 Å². The van der Waals surface area contributed by atoms with Crippen LogP contribution in [0.5, 0.6) is 0 Å². The molecule has 0 radical (unpaired) electrons. The number of hydrogen-bond acceptors (Lipinski definition) is 6. The first-order valence-corrected chi connectivity index (χ1v) is 11.4. The van der Waals surface area contributed by atoms with Crippen molar-refractivity contribution < 1.29 is 17.7 Å². The van der Waals surface area contributed by atoms with E-state index in [0.29, 0.717) is 19.0 Å². The number of piperidine rings is 1. The van der Waals surface area contributed by atoms with Crippen molar-refractivity contribution in [2.45, 2.75) is 56.3 Å². The summed E-state index contributed by atoms with van der Waals surface area (Å²) in [4.78, 5) is 4.82. The second-order valence-corrected chi connectivity index (χ2v) is 10.6. The minimum atomic E-state index is -3.37. The fourth-order valence-corrected chi connectivity index (χ4v) is 5.44. The Labute approximate surface area is 161 Å². The molecule has 0 spiro atoms. The van der Waals surface area contributed by atoms with Crippen LogP contribution in [0.25, 0.3) is 0 Å². The van der Waals surface area contributed by atoms with E-state index in [-0.39, 0.29) is 11.3 Å². The molecule has 0 amide bonds. The van der Waals surface area contributed by atoms with Crippen LogP contribution < -0.4 is 0 Å². The normalized spacial score (nSPS) is 25.1. The zero-order valence-corrected chi connectivity index (χ0v) is 17.1. The first kappa shape index (κ1) is 19.3. The molecule has 3 aliphatic rings. The molecule has 9 heteroatoms. The van der Waals surface area contributed by atoms with Gasteiger partial charge in [-0.25, -0.2) is 0 Å². The molecule has 0 N–H and O–H groups in total. The predicted molar refractivity (Wildman–Crippen MR) is 99.5 cm³/mol. The van der Waals surface area contributed by atoms with Gasteiger partial charge in [0.25, 0.3) is 10.2 Å². The minimum Gasteiger partial charge on any atom is -0.381 e. The summed E-state index contributed by atoms with van der Waals surface area (Å²) >= 11 is 0. The summed E-state index contributed by atoms with van der Waals surface area (Å²) in [5.74, 6) is 2.52. The molecular weight excluding hydrogens is 368 g/mol. The molecule has 2 aliphatic heterocycles. The van der Waals surface area contributed by atoms with Gasteiger partial charge in [0.05, 0.1) is 0 Å². The van der Waals surface area contributed by atoms with Crippen molar-refractivity contribution in [3.8, 4) is 0 Å². The fourth-order valence-electron chi connectivity index (χ4n) is 4.33. The van der Waals surface area contributed by atoms with Crippen LogP contribution in [0.3, 0.4) is 0 Å². The topological polar surface area (TPSA) is 88.8 Å². The molecule has 2 saturated heterocycles. The quantitative estimate of drug-likeness (QED) is 0.727. The highest BCUT2D eigenvalue weighted by Crippen LogP contribution is 2.47. The molecule has 0 aromatic carbocycles. The second kappa shape index (κ2) is 7.42. The monoisotopic (exact) mass is 398 g/mol. The van der Waals surface area contributed by atoms with Gasteiger partial charge in [0.2, 0.25) is 5.89 Å². The van der Waals surface area contributed by atoms with Crippen molar-refractivity contribution in [1.82, 2.24) is 18.8 Å². The Morgan fingerprint density at radius 1 is 1.15 bits per heavy atom. The number of aromatic nitrogens is 2. The molecule has 0 unspecified atom stereocenters. The summed E-state index contributed by atoms with van der Waals surface area (Å²) in [5, 5.41) is 4.39. The second-order valence-electron chi connectivity index (χ2n) is 8.46. The van der Waals surface area contributed by atoms with Crippen LogP contribution in [0.15, 0.2) is 4.52 Å². The molecular formula is C18H30N4O4S. The van der Waals surface area contributed by atoms with Gasteiger partial charge in [0.15, 0.2) is 5.82 Å². The highest BCUT2D eigenvalue weighted by Gasteiger charge is 2.46. The number of hydrogen-bond donors (Lipinski definition) is 0. The van der Waals surface area contributed by atoms with Crippen LogP contribution in [0, 0.1) is 5.92 Å². The smallest absolute Gasteiger partial charge is 0.281 e. The van der Waals surface area contributed by atoms with Crippen molar-refractivity contribution in [2.75, 3.05) is 40.4 Å². The highest BCUT2D eigenvalue weighted by atomic mass is 32.2. The van der Waals surface area contributed by atoms with E-state index in [2.05, 4.69) is 5.16 Å². The van der Waals surface area contributed by atoms with E-state index in [1.165, 1.54) is 17.1 Å². The molecule has 3 heterocycles. The fraction of sp³-hybridized carbons (Fsp3) is 0.889. The Balaban J connectivity index is 1.53. The van der Waals surface area contributed by atoms with Gasteiger partial charge in [-0.3, -0.25) is 0 Å². The highest BCUT2D eigenvalue weighted by molar-refractivity contribution is 7.86. The van der Waals surface area contributed by atoms with E-state index < -0.39 is 10.2 Å². The molecule has 1 aliphatic carbocycles. The summed E-state index contributed by atoms with van der Waals surface area (Å²) in [6.45, 7) is 2.50. The third-order valence-corrected chi connectivity index (χ3v) is 8.27. The van der Waals surface area contributed by atoms with Gasteiger partial charge < -0.3 is 9.26 Å². The van der Waals surface area contributed by atoms with Crippen molar-refractivity contribution in [3.05, 3.63) is 11.7 Å². The van der Waals surface area contributed by atoms with Crippen LogP contribution in [-0.2, 0) is 20.4 Å². The van der Waals surface area contributed by atoms with Crippen molar-refractivity contribution in [2.24, 2.45) is 5.92 Å². The number of ether oxygens (including phenoxy) is 1. The van der Waals surface area contributed by atoms with Gasteiger partial charge in [0, 0.05) is 51.7 Å². The van der Waals surface area contributed by atoms with Crippen molar-refractivity contribution in [1.29, 1.82) is 0 Å². The average Bonchev–Trinajstić information content (AvgIpc) is 3.33. The molecule has 1 saturated carbocycles. The third kappa shape index (κ3) is 3.92. The summed E-state index contributed by atoms with van der Waals surface area (Å²) in [6.07, 6.45) is 6.90. The summed E-state index contributed by atoms with van der Waals surface area (Å²) in [6, 6.07) is 0. The molecule has 0 atom stereocenters. The minimum absolute atomic E-state index is 0.160. The molecule has 0 bridgehead atoms. The maximum atomic E-state index is 12.5. The van der Waals surface area contributed by atoms with Crippen LogP contribution in [0.2, 0.25) is 0 Å². The van der Waals surface area contributed by atoms with E-state index in [1.54, 1.807) is 18.4 Å². The molecule has 3 fully saturated rings. The Bertz CT molecular complexity index is 745. The predicted octanol–water partition coefficient (Wildman–Crippen LogP) is 1.90. The van der Waals surface area contributed by atoms with Crippen LogP contribution in [-0.4, -0.2) is 67.6 Å². The molecule has 8 nitrogen and oxygen atoms in total. The van der Waals surface area contributed by atoms with Gasteiger partial charge in [-0.2, -0.15) is 22.0 Å². The van der Waals surface area contributed by atoms with E-state index in [4.69, 9.17) is 14.2 Å². The lowest BCUT2D eigenvalue weighted by atomic mass is 9.74. The van der Waals surface area contributed by atoms with E-state index in [9.17, 15) is 8.42 Å². The van der Waals surface area contributed by atoms with Crippen LogP contribution in [0.1, 0.15) is 62.6 Å². The Hall–Kier alpha value is -1.03. The van der Waals surface area contributed by atoms with Gasteiger partial charge in [0.1, 0.15) is 0 Å². The average molecular weight is 399 g/mol. The third-order valence-electron chi connectivity index (χ3n) is 6.33. The molecule has 1 aromatic rings. The van der Waals surface area contributed by atoms with Gasteiger partial charge in [-0.15, -0.1) is 0 Å². The largest absolute Gasteiger partial charge is 0.381 e. The maximum absolute atomic E-state index is 12.5. The van der Waals surface area contributed by atoms with Crippen LogP contribution >= 0.6 is 0 Å². The number of rotatable bonds is 6. The van der Waals surface area contributed by atoms with E-state index >= 15 is 0 Å². The first-order valence-electron chi connectivity index (χ1n) is 10.0. The van der Waals surface area contributed by atoms with Gasteiger partial charge in [-0.05, 0) is 38.0 Å². The Morgan fingerprint density at radius 3 is 2.41 bits per heavy atom. The van der Waals surface area contributed by atoms with E-state index in [1.807, 2.05) is 0 Å². The maximum Gasteiger partial charge on any atom is 0.281 e. The summed E-state index contributed by atoms with van der Waals surface area (Å²) in [5.41, 5.74) is -0.160. The van der Waals surface area contributed by atoms with Gasteiger partial charge >= 0.3 is 0 Å². The standard InChI is InChI=1S/C18H30N4O4S/c1-21(2)27(23,24)22-9-7-18(8-10-22,13-14-3-4-14)17-19-16(26-20-17)15-5-11-25-12-6-15/h14-15H,3-13H2,1-2H3. The zero-order valence-electron chi connectivity index (χ0n) is 16.3. The first-order chi connectivity index (χ1) is 12.9. The lowest BCUT2D eigenvalue weighted by Crippen LogP contribution is -2.49. The SMILES string of the molecule is CN(C)S(=O)(=O)N1CCC(CC2CC2)(c2noc(C3CCOCC3)n2)CC1. The Morgan fingerprint density at radius 2 is 1.81 bits per heavy atom. The Kier molecular flexibility index (Phi) is 5.30. The molecule has 4 rings (SSSR count). The lowest BCUT2D eigenvalue weighted by molar-refractivity contribution is 0.0778. The van der Waals surface area contributed by atoms with E-state index in [0.717, 1.165) is 57.0 Å². The summed E-state index contributed by atoms with van der Waals surface area (Å²) < 4.78 is 38.9. The molecule has 152 valence electrons. The zero-order chi connectivity index (χ0) is 19.1. The lowest BCUT2D eigenvalue weighted by Gasteiger charge is -2.40. The van der Waals surface area contributed by atoms with Gasteiger partial charge in [-0.1, -0.05) is 18.0 Å². The summed E-state index contributed by atoms with van der Waals surface area (Å²) in [7, 11) is -0.200. The molecule has 27 heavy (non-hydrogen) atoms.